The van der Waals surface area contributed by atoms with Gasteiger partial charge in [0.2, 0.25) is 0 Å². The minimum atomic E-state index is -0.900. The molecule has 8 nitrogen and oxygen atoms in total. The smallest absolute Gasteiger partial charge is 0.407 e. The summed E-state index contributed by atoms with van der Waals surface area (Å²) < 4.78 is 1.55. The lowest BCUT2D eigenvalue weighted by molar-refractivity contribution is 0.150. The van der Waals surface area contributed by atoms with Crippen LogP contribution in [0.1, 0.15) is 12.1 Å². The fourth-order valence-electron chi connectivity index (χ4n) is 2.01. The Morgan fingerprint density at radius 2 is 2.25 bits per heavy atom. The predicted molar refractivity (Wildman–Crippen MR) is 69.1 cm³/mol. The molecule has 0 aromatic carbocycles. The molecular weight excluding hydrogens is 260 g/mol. The molecule has 2 aromatic heterocycles. The molecule has 20 heavy (non-hydrogen) atoms. The van der Waals surface area contributed by atoms with Crippen LogP contribution in [0.5, 0.6) is 0 Å². The first-order valence-electron chi connectivity index (χ1n) is 6.10. The van der Waals surface area contributed by atoms with Gasteiger partial charge in [-0.3, -0.25) is 4.98 Å². The molecule has 0 saturated heterocycles. The summed E-state index contributed by atoms with van der Waals surface area (Å²) in [5.41, 5.74) is 1.73. The quantitative estimate of drug-likeness (QED) is 0.869. The Kier molecular flexibility index (Phi) is 3.12. The molecule has 0 aliphatic carbocycles. The van der Waals surface area contributed by atoms with Crippen molar-refractivity contribution < 1.29 is 9.90 Å². The Morgan fingerprint density at radius 3 is 2.90 bits per heavy atom. The van der Waals surface area contributed by atoms with Crippen molar-refractivity contribution in [3.63, 3.8) is 0 Å². The van der Waals surface area contributed by atoms with Gasteiger partial charge >= 0.3 is 6.09 Å². The van der Waals surface area contributed by atoms with Gasteiger partial charge in [0.1, 0.15) is 5.69 Å². The molecule has 8 heteroatoms. The summed E-state index contributed by atoms with van der Waals surface area (Å²) >= 11 is 0. The zero-order valence-electron chi connectivity index (χ0n) is 10.5. The summed E-state index contributed by atoms with van der Waals surface area (Å²) in [6, 6.07) is 0. The van der Waals surface area contributed by atoms with Gasteiger partial charge in [-0.15, -0.1) is 5.10 Å². The van der Waals surface area contributed by atoms with Gasteiger partial charge in [0.05, 0.1) is 12.4 Å². The average molecular weight is 272 g/mol. The molecule has 0 saturated carbocycles. The molecule has 1 aliphatic rings. The van der Waals surface area contributed by atoms with E-state index in [1.54, 1.807) is 29.5 Å². The van der Waals surface area contributed by atoms with Crippen LogP contribution in [-0.2, 0) is 0 Å². The van der Waals surface area contributed by atoms with Crippen LogP contribution in [0.3, 0.4) is 0 Å². The normalized spacial score (nSPS) is 15.0. The summed E-state index contributed by atoms with van der Waals surface area (Å²) in [6.07, 6.45) is 8.14. The summed E-state index contributed by atoms with van der Waals surface area (Å²) in [5.74, 6) is 0.592. The number of aromatic nitrogens is 5. The predicted octanol–water partition coefficient (Wildman–Crippen LogP) is 0.824. The maximum Gasteiger partial charge on any atom is 0.407 e. The van der Waals surface area contributed by atoms with E-state index in [2.05, 4.69) is 20.3 Å². The van der Waals surface area contributed by atoms with Crippen molar-refractivity contribution in [3.8, 4) is 5.82 Å². The van der Waals surface area contributed by atoms with Crippen LogP contribution in [0.4, 0.5) is 4.79 Å². The third-order valence-electron chi connectivity index (χ3n) is 3.09. The topological polar surface area (TPSA) is 97.0 Å². The molecule has 1 amide bonds. The van der Waals surface area contributed by atoms with E-state index in [0.29, 0.717) is 25.3 Å². The van der Waals surface area contributed by atoms with E-state index in [4.69, 9.17) is 5.11 Å². The van der Waals surface area contributed by atoms with Crippen LogP contribution in [0.15, 0.2) is 30.9 Å². The lowest BCUT2D eigenvalue weighted by atomic mass is 10.1. The van der Waals surface area contributed by atoms with Crippen molar-refractivity contribution in [3.05, 3.63) is 36.6 Å². The lowest BCUT2D eigenvalue weighted by Gasteiger charge is -2.22. The van der Waals surface area contributed by atoms with Gasteiger partial charge in [-0.2, -0.15) is 0 Å². The summed E-state index contributed by atoms with van der Waals surface area (Å²) in [7, 11) is 0. The number of carbonyl (C=O) groups is 1. The number of carboxylic acid groups (broad SMARTS) is 1. The Morgan fingerprint density at radius 1 is 1.35 bits per heavy atom. The Labute approximate surface area is 114 Å². The number of hydrogen-bond acceptors (Lipinski definition) is 5. The molecule has 0 bridgehead atoms. The highest BCUT2D eigenvalue weighted by Crippen LogP contribution is 2.20. The third kappa shape index (κ3) is 2.35. The van der Waals surface area contributed by atoms with Gasteiger partial charge in [-0.1, -0.05) is 11.3 Å². The van der Waals surface area contributed by atoms with E-state index in [1.165, 1.54) is 4.90 Å². The SMILES string of the molecule is O=C(O)N1CC=C(c2cn(-c3cnccn3)nn2)CC1. The van der Waals surface area contributed by atoms with Gasteiger partial charge in [0.25, 0.3) is 0 Å². The van der Waals surface area contributed by atoms with E-state index in [1.807, 2.05) is 6.08 Å². The number of amides is 1. The highest BCUT2D eigenvalue weighted by atomic mass is 16.4. The molecule has 0 radical (unpaired) electrons. The fourth-order valence-corrected chi connectivity index (χ4v) is 2.01. The van der Waals surface area contributed by atoms with E-state index >= 15 is 0 Å². The molecule has 102 valence electrons. The standard InChI is InChI=1S/C12H12N6O2/c19-12(20)17-5-1-9(2-6-17)10-8-18(16-15-10)11-7-13-3-4-14-11/h1,3-4,7-8H,2,5-6H2,(H,19,20). The minimum absolute atomic E-state index is 0.378. The van der Waals surface area contributed by atoms with E-state index in [0.717, 1.165) is 11.3 Å². The summed E-state index contributed by atoms with van der Waals surface area (Å²) in [5, 5.41) is 17.0. The maximum absolute atomic E-state index is 10.8. The zero-order chi connectivity index (χ0) is 13.9. The summed E-state index contributed by atoms with van der Waals surface area (Å²) in [6.45, 7) is 0.849. The van der Waals surface area contributed by atoms with Crippen LogP contribution in [0.2, 0.25) is 0 Å². The second-order valence-electron chi connectivity index (χ2n) is 4.32. The largest absolute Gasteiger partial charge is 0.465 e. The Bertz CT molecular complexity index is 651. The molecule has 1 aliphatic heterocycles. The van der Waals surface area contributed by atoms with Crippen molar-refractivity contribution in [1.82, 2.24) is 29.9 Å². The van der Waals surface area contributed by atoms with Gasteiger partial charge in [0, 0.05) is 25.5 Å². The first-order valence-corrected chi connectivity index (χ1v) is 6.10. The highest BCUT2D eigenvalue weighted by molar-refractivity contribution is 5.69. The number of hydrogen-bond donors (Lipinski definition) is 1. The first-order chi connectivity index (χ1) is 9.74. The van der Waals surface area contributed by atoms with E-state index in [9.17, 15) is 4.79 Å². The second-order valence-corrected chi connectivity index (χ2v) is 4.32. The minimum Gasteiger partial charge on any atom is -0.465 e. The van der Waals surface area contributed by atoms with Crippen molar-refractivity contribution in [1.29, 1.82) is 0 Å². The molecule has 0 atom stereocenters. The van der Waals surface area contributed by atoms with Gasteiger partial charge in [-0.05, 0) is 12.0 Å². The average Bonchev–Trinajstić information content (AvgIpc) is 2.98. The molecule has 2 aromatic rings. The van der Waals surface area contributed by atoms with Crippen molar-refractivity contribution in [2.75, 3.05) is 13.1 Å². The fraction of sp³-hybridized carbons (Fsp3) is 0.250. The molecule has 0 spiro atoms. The van der Waals surface area contributed by atoms with Crippen LogP contribution in [-0.4, -0.2) is 54.2 Å². The van der Waals surface area contributed by atoms with Gasteiger partial charge in [0.15, 0.2) is 5.82 Å². The monoisotopic (exact) mass is 272 g/mol. The highest BCUT2D eigenvalue weighted by Gasteiger charge is 2.18. The third-order valence-corrected chi connectivity index (χ3v) is 3.09. The van der Waals surface area contributed by atoms with Crippen LogP contribution in [0, 0.1) is 0 Å². The molecule has 0 fully saturated rings. The van der Waals surface area contributed by atoms with Crippen molar-refractivity contribution in [2.24, 2.45) is 0 Å². The maximum atomic E-state index is 10.8. The molecule has 3 heterocycles. The number of rotatable bonds is 2. The second kappa shape index (κ2) is 5.08. The van der Waals surface area contributed by atoms with Crippen LogP contribution < -0.4 is 0 Å². The Balaban J connectivity index is 1.80. The van der Waals surface area contributed by atoms with Crippen molar-refractivity contribution in [2.45, 2.75) is 6.42 Å². The van der Waals surface area contributed by atoms with Gasteiger partial charge < -0.3 is 10.0 Å². The van der Waals surface area contributed by atoms with Gasteiger partial charge in [-0.25, -0.2) is 14.5 Å². The molecule has 3 rings (SSSR count). The van der Waals surface area contributed by atoms with Crippen molar-refractivity contribution >= 4 is 11.7 Å². The first kappa shape index (κ1) is 12.3. The molecular formula is C12H12N6O2. The van der Waals surface area contributed by atoms with E-state index in [-0.39, 0.29) is 0 Å². The Hall–Kier alpha value is -2.77. The van der Waals surface area contributed by atoms with E-state index < -0.39 is 6.09 Å². The summed E-state index contributed by atoms with van der Waals surface area (Å²) in [4.78, 5) is 20.3. The van der Waals surface area contributed by atoms with Crippen LogP contribution in [0.25, 0.3) is 11.4 Å². The number of nitrogens with zero attached hydrogens (tertiary/aromatic N) is 6. The molecule has 1 N–H and O–H groups in total. The zero-order valence-corrected chi connectivity index (χ0v) is 10.5. The molecule has 0 unspecified atom stereocenters. The lowest BCUT2D eigenvalue weighted by Crippen LogP contribution is -2.33. The van der Waals surface area contributed by atoms with Crippen LogP contribution >= 0.6 is 0 Å².